The third-order valence-corrected chi connectivity index (χ3v) is 3.58. The molecule has 4 rings (SSSR count). The minimum absolute atomic E-state index is 0.250. The standard InChI is InChI=1S/C15H11ClN6O/c1-8-12-11(6-7-17-8)18-14(19-12)20-15-22-21-13(23-15)9-2-4-10(16)5-3-9/h2-7H,1H3,(H2,18,19,20,22). The van der Waals surface area contributed by atoms with Crippen LogP contribution in [0.5, 0.6) is 0 Å². The van der Waals surface area contributed by atoms with E-state index in [2.05, 4.69) is 30.5 Å². The minimum Gasteiger partial charge on any atom is -0.403 e. The topological polar surface area (TPSA) is 92.5 Å². The number of hydrogen-bond acceptors (Lipinski definition) is 6. The number of fused-ring (bicyclic) bond motifs is 1. The predicted octanol–water partition coefficient (Wildman–Crippen LogP) is 3.71. The fourth-order valence-corrected chi connectivity index (χ4v) is 2.34. The fraction of sp³-hybridized carbons (Fsp3) is 0.0667. The summed E-state index contributed by atoms with van der Waals surface area (Å²) in [5.41, 5.74) is 3.32. The second-order valence-electron chi connectivity index (χ2n) is 4.92. The van der Waals surface area contributed by atoms with Gasteiger partial charge in [0.1, 0.15) is 5.52 Å². The van der Waals surface area contributed by atoms with E-state index in [4.69, 9.17) is 16.0 Å². The van der Waals surface area contributed by atoms with E-state index in [1.54, 1.807) is 18.3 Å². The molecule has 114 valence electrons. The van der Waals surface area contributed by atoms with Crippen molar-refractivity contribution in [2.45, 2.75) is 6.92 Å². The number of aromatic amines is 1. The number of imidazole rings is 1. The van der Waals surface area contributed by atoms with Gasteiger partial charge in [-0.3, -0.25) is 10.3 Å². The molecule has 8 heteroatoms. The number of benzene rings is 1. The molecule has 7 nitrogen and oxygen atoms in total. The Labute approximate surface area is 135 Å². The van der Waals surface area contributed by atoms with E-state index in [1.807, 2.05) is 25.1 Å². The Morgan fingerprint density at radius 2 is 1.96 bits per heavy atom. The number of pyridine rings is 1. The van der Waals surface area contributed by atoms with E-state index >= 15 is 0 Å². The molecule has 0 aliphatic rings. The van der Waals surface area contributed by atoms with E-state index in [9.17, 15) is 0 Å². The van der Waals surface area contributed by atoms with Crippen molar-refractivity contribution in [2.24, 2.45) is 0 Å². The molecule has 0 aliphatic heterocycles. The van der Waals surface area contributed by atoms with Gasteiger partial charge in [0.2, 0.25) is 11.8 Å². The van der Waals surface area contributed by atoms with Crippen molar-refractivity contribution in [3.05, 3.63) is 47.2 Å². The van der Waals surface area contributed by atoms with Crippen LogP contribution in [0.2, 0.25) is 5.02 Å². The third-order valence-electron chi connectivity index (χ3n) is 3.33. The van der Waals surface area contributed by atoms with Crippen molar-refractivity contribution < 1.29 is 4.42 Å². The second kappa shape index (κ2) is 5.36. The lowest BCUT2D eigenvalue weighted by atomic mass is 10.2. The molecular formula is C15H11ClN6O. The summed E-state index contributed by atoms with van der Waals surface area (Å²) in [6.45, 7) is 1.90. The fourth-order valence-electron chi connectivity index (χ4n) is 2.21. The summed E-state index contributed by atoms with van der Waals surface area (Å²) in [6.07, 6.45) is 1.73. The van der Waals surface area contributed by atoms with Crippen LogP contribution < -0.4 is 5.32 Å². The molecule has 0 saturated heterocycles. The lowest BCUT2D eigenvalue weighted by Crippen LogP contribution is -1.92. The molecule has 23 heavy (non-hydrogen) atoms. The lowest BCUT2D eigenvalue weighted by Gasteiger charge is -1.95. The summed E-state index contributed by atoms with van der Waals surface area (Å²) in [6, 6.07) is 9.27. The number of nitrogens with zero attached hydrogens (tertiary/aromatic N) is 4. The van der Waals surface area contributed by atoms with Crippen LogP contribution in [0.3, 0.4) is 0 Å². The Morgan fingerprint density at radius 1 is 1.13 bits per heavy atom. The SMILES string of the molecule is Cc1nccc2[nH]c(Nc3nnc(-c4ccc(Cl)cc4)o3)nc12. The average molecular weight is 327 g/mol. The molecule has 2 N–H and O–H groups in total. The van der Waals surface area contributed by atoms with E-state index < -0.39 is 0 Å². The monoisotopic (exact) mass is 326 g/mol. The van der Waals surface area contributed by atoms with Crippen molar-refractivity contribution in [1.82, 2.24) is 25.1 Å². The van der Waals surface area contributed by atoms with E-state index in [0.29, 0.717) is 16.9 Å². The van der Waals surface area contributed by atoms with Gasteiger partial charge < -0.3 is 9.40 Å². The highest BCUT2D eigenvalue weighted by molar-refractivity contribution is 6.30. The van der Waals surface area contributed by atoms with Crippen LogP contribution in [-0.2, 0) is 0 Å². The van der Waals surface area contributed by atoms with Crippen LogP contribution in [-0.4, -0.2) is 25.1 Å². The van der Waals surface area contributed by atoms with Gasteiger partial charge in [0.25, 0.3) is 0 Å². The van der Waals surface area contributed by atoms with Gasteiger partial charge in [-0.15, -0.1) is 5.10 Å². The highest BCUT2D eigenvalue weighted by atomic mass is 35.5. The van der Waals surface area contributed by atoms with Crippen LogP contribution in [0, 0.1) is 6.92 Å². The van der Waals surface area contributed by atoms with E-state index in [1.165, 1.54) is 0 Å². The van der Waals surface area contributed by atoms with Crippen molar-refractivity contribution in [3.8, 4) is 11.5 Å². The molecule has 1 aromatic carbocycles. The van der Waals surface area contributed by atoms with Gasteiger partial charge in [0.15, 0.2) is 0 Å². The molecule has 0 aliphatic carbocycles. The third kappa shape index (κ3) is 2.62. The van der Waals surface area contributed by atoms with Gasteiger partial charge >= 0.3 is 6.01 Å². The molecule has 0 unspecified atom stereocenters. The van der Waals surface area contributed by atoms with Crippen LogP contribution in [0.4, 0.5) is 12.0 Å². The Balaban J connectivity index is 1.61. The summed E-state index contributed by atoms with van der Waals surface area (Å²) in [5, 5.41) is 11.6. The first-order chi connectivity index (χ1) is 11.2. The Hall–Kier alpha value is -2.93. The zero-order chi connectivity index (χ0) is 15.8. The van der Waals surface area contributed by atoms with Crippen LogP contribution in [0.15, 0.2) is 40.9 Å². The van der Waals surface area contributed by atoms with Crippen molar-refractivity contribution in [2.75, 3.05) is 5.32 Å². The lowest BCUT2D eigenvalue weighted by molar-refractivity contribution is 0.587. The number of aryl methyl sites for hydroxylation is 1. The number of halogens is 1. The van der Waals surface area contributed by atoms with Crippen LogP contribution in [0.25, 0.3) is 22.5 Å². The molecule has 0 bridgehead atoms. The van der Waals surface area contributed by atoms with E-state index in [0.717, 1.165) is 22.3 Å². The first-order valence-corrected chi connectivity index (χ1v) is 7.24. The van der Waals surface area contributed by atoms with Gasteiger partial charge in [-0.05, 0) is 37.3 Å². The maximum Gasteiger partial charge on any atom is 0.322 e. The Bertz CT molecular complexity index is 975. The van der Waals surface area contributed by atoms with Gasteiger partial charge in [-0.25, -0.2) is 4.98 Å². The van der Waals surface area contributed by atoms with Gasteiger partial charge in [-0.2, -0.15) is 0 Å². The first-order valence-electron chi connectivity index (χ1n) is 6.87. The summed E-state index contributed by atoms with van der Waals surface area (Å²) in [4.78, 5) is 11.8. The van der Waals surface area contributed by atoms with Crippen molar-refractivity contribution in [1.29, 1.82) is 0 Å². The largest absolute Gasteiger partial charge is 0.403 e. The molecule has 0 amide bonds. The van der Waals surface area contributed by atoms with E-state index in [-0.39, 0.29) is 6.01 Å². The number of anilines is 2. The first kappa shape index (κ1) is 13.7. The minimum atomic E-state index is 0.250. The average Bonchev–Trinajstić information content (AvgIpc) is 3.16. The number of H-pyrrole nitrogens is 1. The van der Waals surface area contributed by atoms with Gasteiger partial charge in [-0.1, -0.05) is 16.7 Å². The molecule has 0 fully saturated rings. The van der Waals surface area contributed by atoms with Gasteiger partial charge in [0.05, 0.1) is 11.2 Å². The molecule has 0 spiro atoms. The van der Waals surface area contributed by atoms with Crippen molar-refractivity contribution in [3.63, 3.8) is 0 Å². The number of hydrogen-bond donors (Lipinski definition) is 2. The highest BCUT2D eigenvalue weighted by Gasteiger charge is 2.11. The summed E-state index contributed by atoms with van der Waals surface area (Å²) < 4.78 is 5.59. The molecular weight excluding hydrogens is 316 g/mol. The predicted molar refractivity (Wildman–Crippen MR) is 86.7 cm³/mol. The quantitative estimate of drug-likeness (QED) is 0.596. The van der Waals surface area contributed by atoms with Gasteiger partial charge in [0, 0.05) is 16.8 Å². The number of aromatic nitrogens is 5. The molecule has 0 atom stereocenters. The number of nitrogens with one attached hydrogen (secondary N) is 2. The maximum absolute atomic E-state index is 5.87. The highest BCUT2D eigenvalue weighted by Crippen LogP contribution is 2.24. The summed E-state index contributed by atoms with van der Waals surface area (Å²) in [5.74, 6) is 0.917. The Morgan fingerprint density at radius 3 is 2.74 bits per heavy atom. The van der Waals surface area contributed by atoms with Crippen LogP contribution >= 0.6 is 11.6 Å². The Kier molecular flexibility index (Phi) is 3.20. The maximum atomic E-state index is 5.87. The summed E-state index contributed by atoms with van der Waals surface area (Å²) in [7, 11) is 0. The molecule has 3 aromatic heterocycles. The second-order valence-corrected chi connectivity index (χ2v) is 5.36. The zero-order valence-corrected chi connectivity index (χ0v) is 12.8. The zero-order valence-electron chi connectivity index (χ0n) is 12.0. The van der Waals surface area contributed by atoms with Crippen molar-refractivity contribution >= 4 is 34.6 Å². The normalized spacial score (nSPS) is 11.0. The van der Waals surface area contributed by atoms with Crippen LogP contribution in [0.1, 0.15) is 5.69 Å². The molecule has 0 saturated carbocycles. The summed E-state index contributed by atoms with van der Waals surface area (Å²) >= 11 is 5.87. The molecule has 4 aromatic rings. The molecule has 3 heterocycles. The smallest absolute Gasteiger partial charge is 0.322 e. The number of rotatable bonds is 3. The molecule has 0 radical (unpaired) electrons.